The normalized spacial score (nSPS) is 18.9. The molecule has 9 heavy (non-hydrogen) atoms. The van der Waals surface area contributed by atoms with Crippen molar-refractivity contribution in [3.8, 4) is 0 Å². The van der Waals surface area contributed by atoms with Gasteiger partial charge in [0.2, 0.25) is 0 Å². The van der Waals surface area contributed by atoms with E-state index in [4.69, 9.17) is 0 Å². The minimum absolute atomic E-state index is 0.283. The third kappa shape index (κ3) is 1.45. The molecule has 0 saturated carbocycles. The van der Waals surface area contributed by atoms with E-state index in [2.05, 4.69) is 16.1 Å². The van der Waals surface area contributed by atoms with Crippen LogP contribution in [0.1, 0.15) is 6.42 Å². The summed E-state index contributed by atoms with van der Waals surface area (Å²) in [5, 5.41) is 0. The molecule has 0 spiro atoms. The molecule has 0 atom stereocenters. The minimum atomic E-state index is -0.605. The van der Waals surface area contributed by atoms with Gasteiger partial charge < -0.3 is 9.47 Å². The first-order valence-corrected chi connectivity index (χ1v) is 2.63. The smallest absolute Gasteiger partial charge is 0.430 e. The Labute approximate surface area is 53.3 Å². The van der Waals surface area contributed by atoms with Crippen LogP contribution >= 0.6 is 0 Å². The molecule has 1 fully saturated rings. The van der Waals surface area contributed by atoms with E-state index in [1.165, 1.54) is 0 Å². The lowest BCUT2D eigenvalue weighted by Crippen LogP contribution is -1.95. The van der Waals surface area contributed by atoms with Crippen molar-refractivity contribution in [3.63, 3.8) is 0 Å². The molecule has 0 bridgehead atoms. The molecule has 49 valence electrons. The largest absolute Gasteiger partial charge is 0.509 e. The zero-order valence-corrected chi connectivity index (χ0v) is 4.92. The molecule has 1 heterocycles. The first-order chi connectivity index (χ1) is 4.33. The van der Waals surface area contributed by atoms with Crippen molar-refractivity contribution in [2.24, 2.45) is 0 Å². The van der Waals surface area contributed by atoms with Crippen molar-refractivity contribution in [1.82, 2.24) is 0 Å². The SMILES string of the molecule is C=CC[C]1COC(=O)O1. The van der Waals surface area contributed by atoms with E-state index in [1.807, 2.05) is 0 Å². The van der Waals surface area contributed by atoms with Gasteiger partial charge in [-0.15, -0.1) is 6.58 Å². The van der Waals surface area contributed by atoms with Gasteiger partial charge >= 0.3 is 6.16 Å². The van der Waals surface area contributed by atoms with Crippen LogP contribution in [0.5, 0.6) is 0 Å². The highest BCUT2D eigenvalue weighted by Crippen LogP contribution is 2.16. The minimum Gasteiger partial charge on any atom is -0.430 e. The number of carbonyl (C=O) groups excluding carboxylic acids is 1. The highest BCUT2D eigenvalue weighted by molar-refractivity contribution is 5.63. The van der Waals surface area contributed by atoms with E-state index in [1.54, 1.807) is 6.08 Å². The quantitative estimate of drug-likeness (QED) is 0.413. The summed E-state index contributed by atoms with van der Waals surface area (Å²) in [6.45, 7) is 3.76. The molecule has 0 aromatic rings. The van der Waals surface area contributed by atoms with Crippen LogP contribution in [0, 0.1) is 6.10 Å². The Morgan fingerprint density at radius 2 is 2.56 bits per heavy atom. The number of hydrogen-bond donors (Lipinski definition) is 0. The molecular formula is C6H7O3. The van der Waals surface area contributed by atoms with E-state index >= 15 is 0 Å². The molecule has 3 nitrogen and oxygen atoms in total. The van der Waals surface area contributed by atoms with E-state index < -0.39 is 6.16 Å². The third-order valence-electron chi connectivity index (χ3n) is 0.951. The Balaban J connectivity index is 2.29. The summed E-state index contributed by atoms with van der Waals surface area (Å²) < 4.78 is 9.06. The zero-order chi connectivity index (χ0) is 6.69. The number of cyclic esters (lactones) is 2. The average molecular weight is 127 g/mol. The standard InChI is InChI=1S/C6H7O3/c1-2-3-5-4-8-6(7)9-5/h2H,1,3-4H2. The van der Waals surface area contributed by atoms with Crippen molar-refractivity contribution in [1.29, 1.82) is 0 Å². The maximum Gasteiger partial charge on any atom is 0.509 e. The molecule has 0 aromatic heterocycles. The predicted octanol–water partition coefficient (Wildman–Crippen LogP) is 1.26. The van der Waals surface area contributed by atoms with E-state index in [0.29, 0.717) is 12.5 Å². The third-order valence-corrected chi connectivity index (χ3v) is 0.951. The summed E-state index contributed by atoms with van der Waals surface area (Å²) >= 11 is 0. The molecule has 1 aliphatic rings. The maximum absolute atomic E-state index is 10.2. The molecule has 0 aromatic carbocycles. The van der Waals surface area contributed by atoms with Gasteiger partial charge in [-0.05, 0) is 0 Å². The molecular weight excluding hydrogens is 120 g/mol. The van der Waals surface area contributed by atoms with Crippen LogP contribution in [-0.2, 0) is 9.47 Å². The fourth-order valence-electron chi connectivity index (χ4n) is 0.578. The summed E-state index contributed by atoms with van der Waals surface area (Å²) in [7, 11) is 0. The fraction of sp³-hybridized carbons (Fsp3) is 0.333. The summed E-state index contributed by atoms with van der Waals surface area (Å²) in [4.78, 5) is 10.2. The monoisotopic (exact) mass is 127 g/mol. The van der Waals surface area contributed by atoms with Gasteiger partial charge in [-0.2, -0.15) is 0 Å². The molecule has 0 aliphatic carbocycles. The number of ether oxygens (including phenoxy) is 2. The van der Waals surface area contributed by atoms with Crippen LogP contribution in [0.4, 0.5) is 4.79 Å². The summed E-state index contributed by atoms with van der Waals surface area (Å²) in [5.74, 6) is 0. The highest BCUT2D eigenvalue weighted by atomic mass is 16.8. The fourth-order valence-corrected chi connectivity index (χ4v) is 0.578. The van der Waals surface area contributed by atoms with Crippen LogP contribution in [0.15, 0.2) is 12.7 Å². The van der Waals surface area contributed by atoms with Gasteiger partial charge in [0.1, 0.15) is 6.61 Å². The molecule has 0 amide bonds. The average Bonchev–Trinajstić information content (AvgIpc) is 2.17. The van der Waals surface area contributed by atoms with Gasteiger partial charge in [0.25, 0.3) is 0 Å². The second-order valence-corrected chi connectivity index (χ2v) is 1.67. The molecule has 1 radical (unpaired) electrons. The van der Waals surface area contributed by atoms with Gasteiger partial charge in [0, 0.05) is 6.42 Å². The Morgan fingerprint density at radius 1 is 1.78 bits per heavy atom. The Kier molecular flexibility index (Phi) is 1.72. The summed E-state index contributed by atoms with van der Waals surface area (Å²) in [6.07, 6.45) is 2.28. The van der Waals surface area contributed by atoms with Crippen LogP contribution < -0.4 is 0 Å². The van der Waals surface area contributed by atoms with Gasteiger partial charge in [0.15, 0.2) is 6.10 Å². The highest BCUT2D eigenvalue weighted by Gasteiger charge is 2.24. The molecule has 3 heteroatoms. The van der Waals surface area contributed by atoms with Crippen LogP contribution in [0.2, 0.25) is 0 Å². The summed E-state index contributed by atoms with van der Waals surface area (Å²) in [5.41, 5.74) is 0. The first-order valence-electron chi connectivity index (χ1n) is 2.63. The van der Waals surface area contributed by atoms with Crippen molar-refractivity contribution in [3.05, 3.63) is 18.8 Å². The Morgan fingerprint density at radius 3 is 3.00 bits per heavy atom. The lowest BCUT2D eigenvalue weighted by molar-refractivity contribution is 0.131. The van der Waals surface area contributed by atoms with E-state index in [-0.39, 0.29) is 6.61 Å². The molecule has 1 aliphatic heterocycles. The first kappa shape index (κ1) is 6.13. The zero-order valence-electron chi connectivity index (χ0n) is 4.92. The van der Waals surface area contributed by atoms with Crippen LogP contribution in [-0.4, -0.2) is 12.8 Å². The molecule has 0 unspecified atom stereocenters. The Hall–Kier alpha value is -0.990. The van der Waals surface area contributed by atoms with Crippen LogP contribution in [0.25, 0.3) is 0 Å². The van der Waals surface area contributed by atoms with Gasteiger partial charge in [-0.25, -0.2) is 4.79 Å². The van der Waals surface area contributed by atoms with Crippen molar-refractivity contribution < 1.29 is 14.3 Å². The van der Waals surface area contributed by atoms with Crippen molar-refractivity contribution >= 4 is 6.16 Å². The topological polar surface area (TPSA) is 35.5 Å². The maximum atomic E-state index is 10.2. The molecule has 1 saturated heterocycles. The van der Waals surface area contributed by atoms with Crippen LogP contribution in [0.3, 0.4) is 0 Å². The lowest BCUT2D eigenvalue weighted by Gasteiger charge is -1.96. The van der Waals surface area contributed by atoms with Gasteiger partial charge in [0.05, 0.1) is 0 Å². The lowest BCUT2D eigenvalue weighted by atomic mass is 10.3. The number of hydrogen-bond acceptors (Lipinski definition) is 3. The van der Waals surface area contributed by atoms with E-state index in [9.17, 15) is 4.79 Å². The van der Waals surface area contributed by atoms with Gasteiger partial charge in [-0.3, -0.25) is 0 Å². The molecule has 1 rings (SSSR count). The van der Waals surface area contributed by atoms with Gasteiger partial charge in [-0.1, -0.05) is 6.08 Å². The Bertz CT molecular complexity index is 130. The predicted molar refractivity (Wildman–Crippen MR) is 30.5 cm³/mol. The van der Waals surface area contributed by atoms with Crippen molar-refractivity contribution in [2.75, 3.05) is 6.61 Å². The number of rotatable bonds is 2. The summed E-state index contributed by atoms with van der Waals surface area (Å²) in [6, 6.07) is 0. The second-order valence-electron chi connectivity index (χ2n) is 1.67. The second kappa shape index (κ2) is 2.53. The van der Waals surface area contributed by atoms with E-state index in [0.717, 1.165) is 0 Å². The molecule has 0 N–H and O–H groups in total. The number of carbonyl (C=O) groups is 1. The van der Waals surface area contributed by atoms with Crippen molar-refractivity contribution in [2.45, 2.75) is 6.42 Å².